The van der Waals surface area contributed by atoms with Gasteiger partial charge in [0.05, 0.1) is 25.8 Å². The van der Waals surface area contributed by atoms with Gasteiger partial charge in [-0.1, -0.05) is 36.4 Å². The fourth-order valence-electron chi connectivity index (χ4n) is 4.33. The Bertz CT molecular complexity index is 1400. The van der Waals surface area contributed by atoms with Gasteiger partial charge in [0.1, 0.15) is 0 Å². The van der Waals surface area contributed by atoms with Gasteiger partial charge in [0, 0.05) is 31.6 Å². The number of hydrogen-bond acceptors (Lipinski definition) is 5. The molecule has 3 aromatic carbocycles. The van der Waals surface area contributed by atoms with Gasteiger partial charge in [0.15, 0.2) is 0 Å². The number of piperidine rings is 1. The Morgan fingerprint density at radius 1 is 1.03 bits per heavy atom. The number of benzene rings is 3. The van der Waals surface area contributed by atoms with Crippen LogP contribution in [-0.4, -0.2) is 44.3 Å². The first kappa shape index (κ1) is 22.6. The molecule has 8 heteroatoms. The number of hydrogen-bond donors (Lipinski definition) is 0. The lowest BCUT2D eigenvalue weighted by Gasteiger charge is -2.32. The van der Waals surface area contributed by atoms with Crippen LogP contribution < -0.4 is 4.31 Å². The van der Waals surface area contributed by atoms with Crippen molar-refractivity contribution in [1.29, 1.82) is 0 Å². The molecule has 34 heavy (non-hydrogen) atoms. The summed E-state index contributed by atoms with van der Waals surface area (Å²) in [5, 5.41) is 1.06. The summed E-state index contributed by atoms with van der Waals surface area (Å²) in [7, 11) is -2.27. The predicted molar refractivity (Wildman–Crippen MR) is 136 cm³/mol. The summed E-state index contributed by atoms with van der Waals surface area (Å²) >= 11 is 1.69. The molecule has 0 radical (unpaired) electrons. The fraction of sp³-hybridized carbons (Fsp3) is 0.231. The standard InChI is InChI=1S/C26H25N3O3S2/c1-28(21-11-3-2-4-12-21)34(31,32)22-13-7-9-19(17-22)26(30)29-16-8-10-20(18-29)25-27-23-14-5-6-15-24(23)33-25/h2-7,9,11-15,17,20H,8,10,16,18H2,1H3. The van der Waals surface area contributed by atoms with Gasteiger partial charge >= 0.3 is 0 Å². The first-order valence-electron chi connectivity index (χ1n) is 11.2. The summed E-state index contributed by atoms with van der Waals surface area (Å²) in [5.41, 5.74) is 1.94. The van der Waals surface area contributed by atoms with E-state index >= 15 is 0 Å². The highest BCUT2D eigenvalue weighted by atomic mass is 32.2. The third kappa shape index (κ3) is 4.31. The molecule has 1 amide bonds. The molecule has 1 aliphatic heterocycles. The number of thiazole rings is 1. The zero-order chi connectivity index (χ0) is 23.7. The molecular formula is C26H25N3O3S2. The minimum absolute atomic E-state index is 0.101. The lowest BCUT2D eigenvalue weighted by atomic mass is 9.98. The van der Waals surface area contributed by atoms with Gasteiger partial charge in [-0.15, -0.1) is 11.3 Å². The highest BCUT2D eigenvalue weighted by Gasteiger charge is 2.29. The molecule has 0 saturated carbocycles. The zero-order valence-corrected chi connectivity index (χ0v) is 20.4. The van der Waals surface area contributed by atoms with E-state index < -0.39 is 10.0 Å². The van der Waals surface area contributed by atoms with Crippen LogP contribution in [0.1, 0.15) is 34.1 Å². The monoisotopic (exact) mass is 491 g/mol. The summed E-state index contributed by atoms with van der Waals surface area (Å²) in [6, 6.07) is 23.3. The second-order valence-corrected chi connectivity index (χ2v) is 11.5. The van der Waals surface area contributed by atoms with Crippen molar-refractivity contribution in [2.75, 3.05) is 24.4 Å². The number of sulfonamides is 1. The molecule has 6 nitrogen and oxygen atoms in total. The van der Waals surface area contributed by atoms with E-state index in [1.54, 1.807) is 47.7 Å². The third-order valence-electron chi connectivity index (χ3n) is 6.23. The van der Waals surface area contributed by atoms with Gasteiger partial charge in [-0.2, -0.15) is 0 Å². The van der Waals surface area contributed by atoms with E-state index in [0.29, 0.717) is 24.3 Å². The molecule has 1 fully saturated rings. The second kappa shape index (κ2) is 9.19. The van der Waals surface area contributed by atoms with E-state index in [0.717, 1.165) is 28.1 Å². The molecule has 1 atom stereocenters. The molecule has 4 aromatic rings. The number of rotatable bonds is 5. The number of likely N-dealkylation sites (tertiary alicyclic amines) is 1. The van der Waals surface area contributed by atoms with Crippen LogP contribution in [0, 0.1) is 0 Å². The number of amides is 1. The van der Waals surface area contributed by atoms with Crippen LogP contribution in [0.25, 0.3) is 10.2 Å². The number of nitrogens with zero attached hydrogens (tertiary/aromatic N) is 3. The molecule has 0 bridgehead atoms. The Hall–Kier alpha value is -3.23. The maximum absolute atomic E-state index is 13.4. The number of carbonyl (C=O) groups excluding carboxylic acids is 1. The van der Waals surface area contributed by atoms with Crippen molar-refractivity contribution in [3.8, 4) is 0 Å². The minimum atomic E-state index is -3.79. The summed E-state index contributed by atoms with van der Waals surface area (Å²) in [5.74, 6) is 0.0384. The normalized spacial score (nSPS) is 16.5. The summed E-state index contributed by atoms with van der Waals surface area (Å²) in [6.07, 6.45) is 1.88. The minimum Gasteiger partial charge on any atom is -0.338 e. The molecule has 5 rings (SSSR count). The van der Waals surface area contributed by atoms with Crippen molar-refractivity contribution >= 4 is 43.2 Å². The number of para-hydroxylation sites is 2. The van der Waals surface area contributed by atoms with E-state index in [9.17, 15) is 13.2 Å². The largest absolute Gasteiger partial charge is 0.338 e. The summed E-state index contributed by atoms with van der Waals surface area (Å²) in [6.45, 7) is 1.24. The van der Waals surface area contributed by atoms with Crippen molar-refractivity contribution in [2.45, 2.75) is 23.7 Å². The van der Waals surface area contributed by atoms with E-state index in [2.05, 4.69) is 6.07 Å². The molecule has 0 spiro atoms. The smallest absolute Gasteiger partial charge is 0.264 e. The molecule has 1 unspecified atom stereocenters. The maximum Gasteiger partial charge on any atom is 0.264 e. The van der Waals surface area contributed by atoms with E-state index in [1.807, 2.05) is 29.2 Å². The number of carbonyl (C=O) groups is 1. The molecule has 1 aromatic heterocycles. The molecule has 1 saturated heterocycles. The Morgan fingerprint density at radius 2 is 1.79 bits per heavy atom. The lowest BCUT2D eigenvalue weighted by Crippen LogP contribution is -2.39. The number of anilines is 1. The van der Waals surface area contributed by atoms with Crippen molar-refractivity contribution in [3.05, 3.63) is 89.4 Å². The van der Waals surface area contributed by atoms with Crippen molar-refractivity contribution in [1.82, 2.24) is 9.88 Å². The van der Waals surface area contributed by atoms with Crippen LogP contribution in [0.3, 0.4) is 0 Å². The zero-order valence-electron chi connectivity index (χ0n) is 18.8. The van der Waals surface area contributed by atoms with Crippen LogP contribution in [0.4, 0.5) is 5.69 Å². The molecule has 0 aliphatic carbocycles. The molecular weight excluding hydrogens is 466 g/mol. The van der Waals surface area contributed by atoms with E-state index in [1.165, 1.54) is 23.5 Å². The lowest BCUT2D eigenvalue weighted by molar-refractivity contribution is 0.0707. The summed E-state index contributed by atoms with van der Waals surface area (Å²) < 4.78 is 28.8. The first-order valence-corrected chi connectivity index (χ1v) is 13.5. The molecule has 0 N–H and O–H groups in total. The highest BCUT2D eigenvalue weighted by molar-refractivity contribution is 7.92. The van der Waals surface area contributed by atoms with Gasteiger partial charge < -0.3 is 4.90 Å². The topological polar surface area (TPSA) is 70.6 Å². The Kier molecular flexibility index (Phi) is 6.10. The molecule has 174 valence electrons. The van der Waals surface area contributed by atoms with Crippen LogP contribution in [0.5, 0.6) is 0 Å². The second-order valence-electron chi connectivity index (χ2n) is 8.45. The first-order chi connectivity index (χ1) is 16.4. The Balaban J connectivity index is 1.37. The van der Waals surface area contributed by atoms with Crippen molar-refractivity contribution in [2.24, 2.45) is 0 Å². The fourth-order valence-corrected chi connectivity index (χ4v) is 6.67. The third-order valence-corrected chi connectivity index (χ3v) is 9.21. The van der Waals surface area contributed by atoms with Gasteiger partial charge in [-0.25, -0.2) is 13.4 Å². The van der Waals surface area contributed by atoms with Crippen LogP contribution >= 0.6 is 11.3 Å². The van der Waals surface area contributed by atoms with E-state index in [4.69, 9.17) is 4.98 Å². The maximum atomic E-state index is 13.4. The van der Waals surface area contributed by atoms with Crippen LogP contribution in [0.2, 0.25) is 0 Å². The van der Waals surface area contributed by atoms with Gasteiger partial charge in [0.2, 0.25) is 0 Å². The highest BCUT2D eigenvalue weighted by Crippen LogP contribution is 2.33. The van der Waals surface area contributed by atoms with Gasteiger partial charge in [0.25, 0.3) is 15.9 Å². The predicted octanol–water partition coefficient (Wildman–Crippen LogP) is 5.14. The van der Waals surface area contributed by atoms with E-state index in [-0.39, 0.29) is 16.7 Å². The molecule has 1 aliphatic rings. The number of fused-ring (bicyclic) bond motifs is 1. The Labute approximate surface area is 203 Å². The summed E-state index contributed by atoms with van der Waals surface area (Å²) in [4.78, 5) is 20.1. The van der Waals surface area contributed by atoms with Gasteiger partial charge in [-0.3, -0.25) is 9.10 Å². The SMILES string of the molecule is CN(c1ccccc1)S(=O)(=O)c1cccc(C(=O)N2CCCC(c3nc4ccccc4s3)C2)c1. The van der Waals surface area contributed by atoms with Crippen LogP contribution in [0.15, 0.2) is 83.8 Å². The quantitative estimate of drug-likeness (QED) is 0.388. The molecule has 2 heterocycles. The number of aromatic nitrogens is 1. The average molecular weight is 492 g/mol. The van der Waals surface area contributed by atoms with Crippen molar-refractivity contribution in [3.63, 3.8) is 0 Å². The van der Waals surface area contributed by atoms with Crippen molar-refractivity contribution < 1.29 is 13.2 Å². The van der Waals surface area contributed by atoms with Gasteiger partial charge in [-0.05, 0) is 55.3 Å². The van der Waals surface area contributed by atoms with Crippen LogP contribution in [-0.2, 0) is 10.0 Å². The Morgan fingerprint density at radius 3 is 2.59 bits per heavy atom. The average Bonchev–Trinajstić information content (AvgIpc) is 3.33.